The van der Waals surface area contributed by atoms with Crippen molar-refractivity contribution in [1.82, 2.24) is 9.97 Å². The van der Waals surface area contributed by atoms with E-state index in [1.165, 1.54) is 0 Å². The minimum atomic E-state index is -0.365. The number of nitrogens with one attached hydrogen (secondary N) is 2. The Labute approximate surface area is 109 Å². The van der Waals surface area contributed by atoms with E-state index in [1.54, 1.807) is 31.5 Å². The van der Waals surface area contributed by atoms with Gasteiger partial charge in [0.15, 0.2) is 0 Å². The quantitative estimate of drug-likeness (QED) is 0.772. The molecule has 3 rings (SSSR count). The smallest absolute Gasteiger partial charge is 0.256 e. The fourth-order valence-corrected chi connectivity index (χ4v) is 2.14. The van der Waals surface area contributed by atoms with Crippen LogP contribution in [0.25, 0.3) is 11.6 Å². The number of nitrogens with zero attached hydrogens (tertiary/aromatic N) is 1. The number of aryl methyl sites for hydroxylation is 2. The molecule has 0 unspecified atom stereocenters. The van der Waals surface area contributed by atoms with Crippen molar-refractivity contribution in [1.29, 1.82) is 0 Å². The fraction of sp³-hybridized carbons (Fsp3) is 0.143. The highest BCUT2D eigenvalue weighted by molar-refractivity contribution is 6.35. The number of carbonyl (C=O) groups is 1. The average molecular weight is 257 g/mol. The van der Waals surface area contributed by atoms with Gasteiger partial charge in [-0.1, -0.05) is 6.07 Å². The lowest BCUT2D eigenvalue weighted by molar-refractivity contribution is -0.110. The molecule has 0 bridgehead atoms. The molecule has 5 heteroatoms. The van der Waals surface area contributed by atoms with Crippen molar-refractivity contribution in [2.45, 2.75) is 13.8 Å². The van der Waals surface area contributed by atoms with Gasteiger partial charge in [0.25, 0.3) is 5.91 Å². The molecular weight excluding hydrogens is 245 g/mol. The Balaban J connectivity index is 2.21. The van der Waals surface area contributed by atoms with Crippen LogP contribution in [-0.4, -0.2) is 15.9 Å². The molecule has 96 valence electrons. The molecule has 2 aromatic rings. The van der Waals surface area contributed by atoms with Crippen molar-refractivity contribution >= 4 is 23.2 Å². The highest BCUT2D eigenvalue weighted by Crippen LogP contribution is 2.36. The van der Waals surface area contributed by atoms with E-state index in [0.717, 1.165) is 5.69 Å². The van der Waals surface area contributed by atoms with Crippen molar-refractivity contribution in [3.63, 3.8) is 0 Å². The van der Waals surface area contributed by atoms with Gasteiger partial charge in [0.2, 0.25) is 0 Å². The Bertz CT molecular complexity index is 715. The Morgan fingerprint density at radius 3 is 2.79 bits per heavy atom. The van der Waals surface area contributed by atoms with Crippen LogP contribution >= 0.6 is 0 Å². The molecule has 1 aromatic carbocycles. The molecule has 0 spiro atoms. The third-order valence-corrected chi connectivity index (χ3v) is 3.25. The number of benzene rings is 1. The Morgan fingerprint density at radius 1 is 1.32 bits per heavy atom. The molecule has 2 heterocycles. The van der Waals surface area contributed by atoms with Gasteiger partial charge >= 0.3 is 0 Å². The summed E-state index contributed by atoms with van der Waals surface area (Å²) in [6.07, 6.45) is 3.15. The van der Waals surface area contributed by atoms with Crippen LogP contribution in [0.5, 0.6) is 0 Å². The van der Waals surface area contributed by atoms with Gasteiger partial charge in [-0.05, 0) is 31.6 Å². The number of aromatic amines is 1. The van der Waals surface area contributed by atoms with E-state index < -0.39 is 0 Å². The molecule has 1 aliphatic heterocycles. The number of H-pyrrole nitrogens is 1. The number of rotatable bonds is 1. The molecule has 0 saturated heterocycles. The van der Waals surface area contributed by atoms with Gasteiger partial charge in [-0.2, -0.15) is 0 Å². The van der Waals surface area contributed by atoms with E-state index in [-0.39, 0.29) is 11.7 Å². The number of fused-ring (bicyclic) bond motifs is 1. The SMILES string of the molecule is Cc1ccc2c(c1F)/C(=C/c1nc[nH]c1C)C(=O)N2. The maximum atomic E-state index is 14.2. The van der Waals surface area contributed by atoms with E-state index in [1.807, 2.05) is 6.92 Å². The van der Waals surface area contributed by atoms with Crippen LogP contribution in [0.3, 0.4) is 0 Å². The molecule has 0 atom stereocenters. The average Bonchev–Trinajstić information content (AvgIpc) is 2.91. The minimum Gasteiger partial charge on any atom is -0.348 e. The van der Waals surface area contributed by atoms with Crippen molar-refractivity contribution in [3.8, 4) is 0 Å². The minimum absolute atomic E-state index is 0.304. The summed E-state index contributed by atoms with van der Waals surface area (Å²) in [6.45, 7) is 3.52. The van der Waals surface area contributed by atoms with Gasteiger partial charge in [-0.3, -0.25) is 4.79 Å². The molecule has 1 aromatic heterocycles. The largest absolute Gasteiger partial charge is 0.348 e. The van der Waals surface area contributed by atoms with Gasteiger partial charge in [0.1, 0.15) is 5.82 Å². The number of anilines is 1. The first-order valence-electron chi connectivity index (χ1n) is 5.90. The second-order valence-corrected chi connectivity index (χ2v) is 4.54. The van der Waals surface area contributed by atoms with Crippen LogP contribution < -0.4 is 5.32 Å². The highest BCUT2D eigenvalue weighted by Gasteiger charge is 2.28. The maximum Gasteiger partial charge on any atom is 0.256 e. The van der Waals surface area contributed by atoms with Crippen molar-refractivity contribution in [2.24, 2.45) is 0 Å². The van der Waals surface area contributed by atoms with E-state index in [9.17, 15) is 9.18 Å². The monoisotopic (exact) mass is 257 g/mol. The number of hydrogen-bond acceptors (Lipinski definition) is 2. The summed E-state index contributed by atoms with van der Waals surface area (Å²) in [5.74, 6) is -0.669. The fourth-order valence-electron chi connectivity index (χ4n) is 2.14. The van der Waals surface area contributed by atoms with Crippen molar-refractivity contribution in [2.75, 3.05) is 5.32 Å². The summed E-state index contributed by atoms with van der Waals surface area (Å²) in [4.78, 5) is 19.0. The summed E-state index contributed by atoms with van der Waals surface area (Å²) >= 11 is 0. The van der Waals surface area contributed by atoms with E-state index in [4.69, 9.17) is 0 Å². The lowest BCUT2D eigenvalue weighted by atomic mass is 10.0. The van der Waals surface area contributed by atoms with Gasteiger partial charge in [0, 0.05) is 11.3 Å². The first-order chi connectivity index (χ1) is 9.08. The highest BCUT2D eigenvalue weighted by atomic mass is 19.1. The van der Waals surface area contributed by atoms with Crippen molar-refractivity contribution in [3.05, 3.63) is 46.8 Å². The van der Waals surface area contributed by atoms with Gasteiger partial charge in [0.05, 0.1) is 23.3 Å². The summed E-state index contributed by atoms with van der Waals surface area (Å²) in [6, 6.07) is 3.36. The standard InChI is InChI=1S/C14H12FN3O/c1-7-3-4-10-12(13(7)15)9(14(19)18-10)5-11-8(2)16-6-17-11/h3-6H,1-2H3,(H,16,17)(H,18,19)/b9-5-. The third kappa shape index (κ3) is 1.74. The predicted molar refractivity (Wildman–Crippen MR) is 71.0 cm³/mol. The molecule has 0 aliphatic carbocycles. The molecule has 0 fully saturated rings. The number of amides is 1. The second-order valence-electron chi connectivity index (χ2n) is 4.54. The Kier molecular flexibility index (Phi) is 2.48. The first-order valence-corrected chi connectivity index (χ1v) is 5.90. The van der Waals surface area contributed by atoms with E-state index in [0.29, 0.717) is 28.1 Å². The zero-order valence-corrected chi connectivity index (χ0v) is 10.5. The first kappa shape index (κ1) is 11.6. The van der Waals surface area contributed by atoms with E-state index >= 15 is 0 Å². The Morgan fingerprint density at radius 2 is 2.11 bits per heavy atom. The predicted octanol–water partition coefficient (Wildman–Crippen LogP) is 2.66. The summed E-state index contributed by atoms with van der Waals surface area (Å²) in [5, 5.41) is 2.66. The van der Waals surface area contributed by atoms with Crippen LogP contribution in [0.2, 0.25) is 0 Å². The molecule has 4 nitrogen and oxygen atoms in total. The van der Waals surface area contributed by atoms with Crippen LogP contribution in [0.4, 0.5) is 10.1 Å². The zero-order valence-electron chi connectivity index (χ0n) is 10.5. The number of carbonyl (C=O) groups excluding carboxylic acids is 1. The van der Waals surface area contributed by atoms with Crippen LogP contribution in [0, 0.1) is 19.7 Å². The number of aromatic nitrogens is 2. The normalized spacial score (nSPS) is 15.7. The maximum absolute atomic E-state index is 14.2. The third-order valence-electron chi connectivity index (χ3n) is 3.25. The second kappa shape index (κ2) is 4.05. The molecule has 0 radical (unpaired) electrons. The van der Waals surface area contributed by atoms with Crippen LogP contribution in [0.15, 0.2) is 18.5 Å². The molecular formula is C14H12FN3O. The molecule has 1 amide bonds. The lowest BCUT2D eigenvalue weighted by Gasteiger charge is -2.03. The van der Waals surface area contributed by atoms with Crippen molar-refractivity contribution < 1.29 is 9.18 Å². The summed E-state index contributed by atoms with van der Waals surface area (Å²) in [7, 11) is 0. The van der Waals surface area contributed by atoms with Gasteiger partial charge in [-0.25, -0.2) is 9.37 Å². The molecule has 1 aliphatic rings. The lowest BCUT2D eigenvalue weighted by Crippen LogP contribution is -2.03. The number of halogens is 1. The zero-order chi connectivity index (χ0) is 13.6. The van der Waals surface area contributed by atoms with Gasteiger partial charge in [-0.15, -0.1) is 0 Å². The van der Waals surface area contributed by atoms with Crippen LogP contribution in [0.1, 0.15) is 22.5 Å². The topological polar surface area (TPSA) is 57.8 Å². The Hall–Kier alpha value is -2.43. The molecule has 0 saturated carbocycles. The summed E-state index contributed by atoms with van der Waals surface area (Å²) < 4.78 is 14.2. The number of hydrogen-bond donors (Lipinski definition) is 2. The summed E-state index contributed by atoms with van der Waals surface area (Å²) in [5.41, 5.74) is 3.13. The van der Waals surface area contributed by atoms with Gasteiger partial charge < -0.3 is 10.3 Å². The molecule has 2 N–H and O–H groups in total. The van der Waals surface area contributed by atoms with Crippen LogP contribution in [-0.2, 0) is 4.79 Å². The molecule has 19 heavy (non-hydrogen) atoms. The number of imidazole rings is 1. The van der Waals surface area contributed by atoms with E-state index in [2.05, 4.69) is 15.3 Å².